The van der Waals surface area contributed by atoms with Gasteiger partial charge in [0, 0.05) is 6.42 Å². The second-order valence-electron chi connectivity index (χ2n) is 9.19. The average molecular weight is 411 g/mol. The molecule has 1 aliphatic rings. The van der Waals surface area contributed by atoms with E-state index in [2.05, 4.69) is 13.8 Å². The van der Waals surface area contributed by atoms with Crippen LogP contribution in [-0.2, 0) is 14.3 Å². The predicted molar refractivity (Wildman–Crippen MR) is 123 cm³/mol. The van der Waals surface area contributed by atoms with Gasteiger partial charge in [-0.25, -0.2) is 0 Å². The van der Waals surface area contributed by atoms with Gasteiger partial charge in [0.05, 0.1) is 19.3 Å². The van der Waals surface area contributed by atoms with E-state index in [1.54, 1.807) is 0 Å². The average Bonchev–Trinajstić information content (AvgIpc) is 3.55. The van der Waals surface area contributed by atoms with Crippen LogP contribution in [0.4, 0.5) is 0 Å². The molecule has 1 aliphatic heterocycles. The number of carbonyl (C=O) groups is 1. The molecule has 0 amide bonds. The molecule has 1 heterocycles. The van der Waals surface area contributed by atoms with Crippen molar-refractivity contribution >= 4 is 5.97 Å². The van der Waals surface area contributed by atoms with Crippen LogP contribution in [0.3, 0.4) is 0 Å². The lowest BCUT2D eigenvalue weighted by molar-refractivity contribution is -0.145. The van der Waals surface area contributed by atoms with Crippen molar-refractivity contribution in [1.29, 1.82) is 0 Å². The van der Waals surface area contributed by atoms with Gasteiger partial charge in [-0.1, -0.05) is 110 Å². The van der Waals surface area contributed by atoms with Crippen LogP contribution in [0.1, 0.15) is 136 Å². The maximum Gasteiger partial charge on any atom is 0.305 e. The van der Waals surface area contributed by atoms with Crippen LogP contribution in [-0.4, -0.2) is 25.3 Å². The largest absolute Gasteiger partial charge is 0.465 e. The van der Waals surface area contributed by atoms with Gasteiger partial charge in [0.1, 0.15) is 0 Å². The summed E-state index contributed by atoms with van der Waals surface area (Å²) in [6.07, 6.45) is 24.6. The minimum atomic E-state index is 0.0146. The van der Waals surface area contributed by atoms with Gasteiger partial charge >= 0.3 is 5.97 Å². The summed E-state index contributed by atoms with van der Waals surface area (Å²) in [5, 5.41) is 0. The summed E-state index contributed by atoms with van der Waals surface area (Å²) in [7, 11) is 0. The minimum Gasteiger partial charge on any atom is -0.465 e. The van der Waals surface area contributed by atoms with E-state index in [0.29, 0.717) is 25.0 Å². The van der Waals surface area contributed by atoms with E-state index < -0.39 is 0 Å². The number of carbonyl (C=O) groups excluding carboxylic acids is 1. The van der Waals surface area contributed by atoms with Crippen molar-refractivity contribution < 1.29 is 14.3 Å². The molecule has 0 radical (unpaired) electrons. The first kappa shape index (κ1) is 26.5. The van der Waals surface area contributed by atoms with E-state index in [-0.39, 0.29) is 5.97 Å². The molecule has 1 fully saturated rings. The van der Waals surface area contributed by atoms with Crippen LogP contribution in [0.5, 0.6) is 0 Å². The van der Waals surface area contributed by atoms with Crippen LogP contribution in [0, 0.1) is 5.92 Å². The number of esters is 1. The van der Waals surface area contributed by atoms with Crippen LogP contribution in [0.25, 0.3) is 0 Å². The second kappa shape index (κ2) is 19.4. The van der Waals surface area contributed by atoms with Crippen LogP contribution >= 0.6 is 0 Å². The summed E-state index contributed by atoms with van der Waals surface area (Å²) in [5.41, 5.74) is 0. The molecule has 3 heteroatoms. The van der Waals surface area contributed by atoms with Gasteiger partial charge < -0.3 is 9.47 Å². The van der Waals surface area contributed by atoms with Crippen molar-refractivity contribution in [2.24, 2.45) is 5.92 Å². The Morgan fingerprint density at radius 2 is 1.34 bits per heavy atom. The van der Waals surface area contributed by atoms with E-state index in [4.69, 9.17) is 9.47 Å². The van der Waals surface area contributed by atoms with Gasteiger partial charge in [-0.05, 0) is 25.2 Å². The molecule has 0 aromatic heterocycles. The molecule has 3 nitrogen and oxygen atoms in total. The van der Waals surface area contributed by atoms with Crippen LogP contribution in [0.2, 0.25) is 0 Å². The number of rotatable bonds is 22. The van der Waals surface area contributed by atoms with Gasteiger partial charge in [0.15, 0.2) is 0 Å². The number of unbranched alkanes of at least 4 members (excludes halogenated alkanes) is 13. The molecule has 29 heavy (non-hydrogen) atoms. The zero-order valence-electron chi connectivity index (χ0n) is 19.7. The fraction of sp³-hybridized carbons (Fsp3) is 0.962. The lowest BCUT2D eigenvalue weighted by Crippen LogP contribution is -2.13. The number of ether oxygens (including phenoxy) is 2. The zero-order chi connectivity index (χ0) is 21.0. The standard InChI is InChI=1S/C26H50O3/c1-3-5-19-24(4-2)22-29-26(27)21-18-16-14-12-10-8-6-7-9-11-13-15-17-20-25-23-28-25/h24-25H,3-23H2,1-2H3. The smallest absolute Gasteiger partial charge is 0.305 e. The first-order chi connectivity index (χ1) is 14.3. The van der Waals surface area contributed by atoms with E-state index >= 15 is 0 Å². The highest BCUT2D eigenvalue weighted by Gasteiger charge is 2.20. The SMILES string of the molecule is CCCCC(CC)COC(=O)CCCCCCCCCCCCCCCC1CO1. The molecular weight excluding hydrogens is 360 g/mol. The highest BCUT2D eigenvalue weighted by Crippen LogP contribution is 2.19. The van der Waals surface area contributed by atoms with E-state index in [1.807, 2.05) is 0 Å². The molecule has 1 rings (SSSR count). The molecule has 0 aromatic carbocycles. The Morgan fingerprint density at radius 1 is 0.828 bits per heavy atom. The molecule has 172 valence electrons. The number of hydrogen-bond donors (Lipinski definition) is 0. The summed E-state index contributed by atoms with van der Waals surface area (Å²) in [6, 6.07) is 0. The van der Waals surface area contributed by atoms with Gasteiger partial charge in [-0.15, -0.1) is 0 Å². The number of epoxide rings is 1. The molecule has 0 bridgehead atoms. The van der Waals surface area contributed by atoms with E-state index in [0.717, 1.165) is 19.4 Å². The maximum absolute atomic E-state index is 11.9. The molecule has 0 aliphatic carbocycles. The highest BCUT2D eigenvalue weighted by molar-refractivity contribution is 5.69. The molecule has 1 saturated heterocycles. The van der Waals surface area contributed by atoms with Crippen molar-refractivity contribution in [2.45, 2.75) is 142 Å². The van der Waals surface area contributed by atoms with Crippen LogP contribution in [0.15, 0.2) is 0 Å². The summed E-state index contributed by atoms with van der Waals surface area (Å²) < 4.78 is 10.7. The normalized spacial score (nSPS) is 16.7. The number of hydrogen-bond acceptors (Lipinski definition) is 3. The monoisotopic (exact) mass is 410 g/mol. The van der Waals surface area contributed by atoms with Crippen molar-refractivity contribution in [3.05, 3.63) is 0 Å². The third kappa shape index (κ3) is 18.0. The molecule has 0 aromatic rings. The fourth-order valence-corrected chi connectivity index (χ4v) is 4.00. The lowest BCUT2D eigenvalue weighted by atomic mass is 10.0. The summed E-state index contributed by atoms with van der Waals surface area (Å²) >= 11 is 0. The summed E-state index contributed by atoms with van der Waals surface area (Å²) in [4.78, 5) is 11.9. The summed E-state index contributed by atoms with van der Waals surface area (Å²) in [6.45, 7) is 6.06. The van der Waals surface area contributed by atoms with E-state index in [9.17, 15) is 4.79 Å². The topological polar surface area (TPSA) is 38.8 Å². The third-order valence-electron chi connectivity index (χ3n) is 6.33. The van der Waals surface area contributed by atoms with Crippen molar-refractivity contribution in [3.8, 4) is 0 Å². The van der Waals surface area contributed by atoms with Gasteiger partial charge in [-0.3, -0.25) is 4.79 Å². The zero-order valence-corrected chi connectivity index (χ0v) is 19.7. The summed E-state index contributed by atoms with van der Waals surface area (Å²) in [5.74, 6) is 0.571. The molecule has 0 saturated carbocycles. The Hall–Kier alpha value is -0.570. The molecule has 0 spiro atoms. The highest BCUT2D eigenvalue weighted by atomic mass is 16.6. The van der Waals surface area contributed by atoms with Gasteiger partial charge in [-0.2, -0.15) is 0 Å². The second-order valence-corrected chi connectivity index (χ2v) is 9.19. The molecule has 2 atom stereocenters. The fourth-order valence-electron chi connectivity index (χ4n) is 4.00. The third-order valence-corrected chi connectivity index (χ3v) is 6.33. The molecule has 0 N–H and O–H groups in total. The predicted octanol–water partition coefficient (Wildman–Crippen LogP) is 8.00. The van der Waals surface area contributed by atoms with Gasteiger partial charge in [0.2, 0.25) is 0 Å². The van der Waals surface area contributed by atoms with E-state index in [1.165, 1.54) is 103 Å². The van der Waals surface area contributed by atoms with Crippen molar-refractivity contribution in [3.63, 3.8) is 0 Å². The van der Waals surface area contributed by atoms with Crippen LogP contribution < -0.4 is 0 Å². The molecular formula is C26H50O3. The Morgan fingerprint density at radius 3 is 1.83 bits per heavy atom. The quantitative estimate of drug-likeness (QED) is 0.103. The minimum absolute atomic E-state index is 0.0146. The molecule has 2 unspecified atom stereocenters. The van der Waals surface area contributed by atoms with Gasteiger partial charge in [0.25, 0.3) is 0 Å². The first-order valence-electron chi connectivity index (χ1n) is 13.0. The maximum atomic E-state index is 11.9. The van der Waals surface area contributed by atoms with Crippen molar-refractivity contribution in [1.82, 2.24) is 0 Å². The van der Waals surface area contributed by atoms with Crippen molar-refractivity contribution in [2.75, 3.05) is 13.2 Å². The Balaban J connectivity index is 1.73. The first-order valence-corrected chi connectivity index (χ1v) is 13.0. The Kier molecular flexibility index (Phi) is 17.7. The Bertz CT molecular complexity index is 365. The Labute approximate surface area is 181 Å². The lowest BCUT2D eigenvalue weighted by Gasteiger charge is -2.14.